The van der Waals surface area contributed by atoms with E-state index in [0.29, 0.717) is 5.56 Å². The summed E-state index contributed by atoms with van der Waals surface area (Å²) in [5.74, 6) is 0. The Morgan fingerprint density at radius 1 is 0.381 bits per heavy atom. The second-order valence-electron chi connectivity index (χ2n) is 17.7. The molecule has 0 amide bonds. The molecule has 63 heavy (non-hydrogen) atoms. The minimum Gasteiger partial charge on any atom is -0.309 e. The van der Waals surface area contributed by atoms with Crippen LogP contribution < -0.4 is 0 Å². The second kappa shape index (κ2) is 13.2. The van der Waals surface area contributed by atoms with Gasteiger partial charge in [0.1, 0.15) is 0 Å². The Balaban J connectivity index is 1.09. The van der Waals surface area contributed by atoms with E-state index in [0.717, 1.165) is 33.6 Å². The predicted molar refractivity (Wildman–Crippen MR) is 263 cm³/mol. The molecular weight excluding hydrogens is 763 g/mol. The predicted octanol–water partition coefficient (Wildman–Crippen LogP) is 15.7. The fourth-order valence-electron chi connectivity index (χ4n) is 10.8. The smallest absolute Gasteiger partial charge is 0.0991 e. The first-order valence-corrected chi connectivity index (χ1v) is 21.7. The molecular formula is C60H39N3. The average Bonchev–Trinajstić information content (AvgIpc) is 3.92. The van der Waals surface area contributed by atoms with Crippen molar-refractivity contribution in [2.45, 2.75) is 19.3 Å². The Labute approximate surface area is 364 Å². The van der Waals surface area contributed by atoms with E-state index < -0.39 is 0 Å². The zero-order valence-corrected chi connectivity index (χ0v) is 34.9. The maximum Gasteiger partial charge on any atom is 0.0991 e. The van der Waals surface area contributed by atoms with Gasteiger partial charge in [0.25, 0.3) is 0 Å². The van der Waals surface area contributed by atoms with Crippen molar-refractivity contribution >= 4 is 65.2 Å². The maximum atomic E-state index is 9.81. The lowest BCUT2D eigenvalue weighted by Crippen LogP contribution is -2.15. The summed E-state index contributed by atoms with van der Waals surface area (Å²) in [6, 6.07) is 75.9. The summed E-state index contributed by atoms with van der Waals surface area (Å²) < 4.78 is 4.90. The summed E-state index contributed by atoms with van der Waals surface area (Å²) in [5, 5.41) is 19.8. The van der Waals surface area contributed by atoms with Gasteiger partial charge in [-0.1, -0.05) is 135 Å². The van der Waals surface area contributed by atoms with Crippen LogP contribution >= 0.6 is 0 Å². The molecule has 0 spiro atoms. The summed E-state index contributed by atoms with van der Waals surface area (Å²) in [6.45, 7) is 4.58. The van der Waals surface area contributed by atoms with E-state index in [-0.39, 0.29) is 5.41 Å². The molecule has 1 aliphatic carbocycles. The van der Waals surface area contributed by atoms with Crippen LogP contribution in [-0.2, 0) is 5.41 Å². The Hall–Kier alpha value is -8.19. The zero-order valence-electron chi connectivity index (χ0n) is 34.9. The number of para-hydroxylation sites is 2. The zero-order chi connectivity index (χ0) is 42.0. The van der Waals surface area contributed by atoms with Crippen molar-refractivity contribution in [2.24, 2.45) is 0 Å². The van der Waals surface area contributed by atoms with Crippen LogP contribution in [0.2, 0.25) is 0 Å². The number of hydrogen-bond acceptors (Lipinski definition) is 1. The molecule has 1 aliphatic rings. The first kappa shape index (κ1) is 35.6. The summed E-state index contributed by atoms with van der Waals surface area (Å²) in [5.41, 5.74) is 17.0. The molecule has 0 aliphatic heterocycles. The Bertz CT molecular complexity index is 3950. The lowest BCUT2D eigenvalue weighted by molar-refractivity contribution is 0.660. The van der Waals surface area contributed by atoms with E-state index in [2.05, 4.69) is 223 Å². The molecule has 3 nitrogen and oxygen atoms in total. The Morgan fingerprint density at radius 2 is 1.00 bits per heavy atom. The van der Waals surface area contributed by atoms with Gasteiger partial charge in [-0.3, -0.25) is 0 Å². The number of rotatable bonds is 4. The standard InChI is InChI=1S/C60H39N3/c1-60(2)53-28-37(36-61)20-24-48(53)49-25-21-41(33-54(49)60)43-29-44(31-46(30-43)63-55-19-11-10-18-50(55)52-32-39-13-6-7-14-40(39)34-58(52)63)42-22-26-51-57(35-42)62(45-15-4-3-5-16-45)56-27-23-38-12-8-9-17-47(38)59(51)56/h3-35H,1-2H3. The Kier molecular flexibility index (Phi) is 7.42. The van der Waals surface area contributed by atoms with Gasteiger partial charge in [0, 0.05) is 38.3 Å². The van der Waals surface area contributed by atoms with E-state index in [1.54, 1.807) is 0 Å². The number of nitriles is 1. The minimum atomic E-state index is -0.262. The molecule has 10 aromatic carbocycles. The van der Waals surface area contributed by atoms with Gasteiger partial charge in [0.05, 0.1) is 33.7 Å². The lowest BCUT2D eigenvalue weighted by Gasteiger charge is -2.22. The first-order chi connectivity index (χ1) is 30.9. The minimum absolute atomic E-state index is 0.262. The van der Waals surface area contributed by atoms with Crippen LogP contribution in [0.15, 0.2) is 200 Å². The fraction of sp³-hybridized carbons (Fsp3) is 0.0500. The van der Waals surface area contributed by atoms with Gasteiger partial charge in [0.15, 0.2) is 0 Å². The quantitative estimate of drug-likeness (QED) is 0.174. The maximum absolute atomic E-state index is 9.81. The third-order valence-electron chi connectivity index (χ3n) is 13.9. The number of nitrogens with zero attached hydrogens (tertiary/aromatic N) is 3. The fourth-order valence-corrected chi connectivity index (χ4v) is 10.8. The van der Waals surface area contributed by atoms with Crippen molar-refractivity contribution in [1.29, 1.82) is 5.26 Å². The van der Waals surface area contributed by atoms with Crippen LogP contribution in [-0.4, -0.2) is 9.13 Å². The van der Waals surface area contributed by atoms with Gasteiger partial charge in [-0.25, -0.2) is 0 Å². The van der Waals surface area contributed by atoms with E-state index in [4.69, 9.17) is 0 Å². The molecule has 3 heteroatoms. The van der Waals surface area contributed by atoms with Crippen LogP contribution in [0, 0.1) is 11.3 Å². The largest absolute Gasteiger partial charge is 0.309 e. The van der Waals surface area contributed by atoms with Crippen molar-refractivity contribution in [2.75, 3.05) is 0 Å². The molecule has 0 bridgehead atoms. The SMILES string of the molecule is CC1(C)c2cc(C#N)ccc2-c2ccc(-c3cc(-c4ccc5c6c7ccccc7ccc6n(-c6ccccc6)c5c4)cc(-n4c5ccccc5c5cc6ccccc6cc54)c3)cc21. The van der Waals surface area contributed by atoms with E-state index in [9.17, 15) is 5.26 Å². The van der Waals surface area contributed by atoms with Crippen molar-refractivity contribution in [3.8, 4) is 50.8 Å². The van der Waals surface area contributed by atoms with E-state index in [1.165, 1.54) is 87.4 Å². The van der Waals surface area contributed by atoms with Gasteiger partial charge >= 0.3 is 0 Å². The van der Waals surface area contributed by atoms with Gasteiger partial charge in [-0.15, -0.1) is 0 Å². The van der Waals surface area contributed by atoms with Crippen LogP contribution in [0.5, 0.6) is 0 Å². The number of aromatic nitrogens is 2. The van der Waals surface area contributed by atoms with Crippen LogP contribution in [0.25, 0.3) is 110 Å². The van der Waals surface area contributed by atoms with Gasteiger partial charge in [-0.05, 0) is 145 Å². The Morgan fingerprint density at radius 3 is 1.79 bits per heavy atom. The molecule has 0 fully saturated rings. The highest BCUT2D eigenvalue weighted by Gasteiger charge is 2.36. The summed E-state index contributed by atoms with van der Waals surface area (Å²) in [6.07, 6.45) is 0. The highest BCUT2D eigenvalue weighted by Crippen LogP contribution is 2.50. The molecule has 2 aromatic heterocycles. The van der Waals surface area contributed by atoms with Crippen LogP contribution in [0.1, 0.15) is 30.5 Å². The number of fused-ring (bicyclic) bond motifs is 12. The average molecular weight is 802 g/mol. The van der Waals surface area contributed by atoms with Gasteiger partial charge < -0.3 is 9.13 Å². The van der Waals surface area contributed by atoms with Crippen molar-refractivity contribution in [3.05, 3.63) is 217 Å². The van der Waals surface area contributed by atoms with Crippen molar-refractivity contribution in [3.63, 3.8) is 0 Å². The van der Waals surface area contributed by atoms with Crippen molar-refractivity contribution < 1.29 is 0 Å². The molecule has 0 N–H and O–H groups in total. The lowest BCUT2D eigenvalue weighted by atomic mass is 9.81. The highest BCUT2D eigenvalue weighted by molar-refractivity contribution is 6.22. The molecule has 12 aromatic rings. The third-order valence-corrected chi connectivity index (χ3v) is 13.9. The first-order valence-electron chi connectivity index (χ1n) is 21.7. The summed E-state index contributed by atoms with van der Waals surface area (Å²) >= 11 is 0. The monoisotopic (exact) mass is 801 g/mol. The topological polar surface area (TPSA) is 33.6 Å². The van der Waals surface area contributed by atoms with E-state index in [1.807, 2.05) is 6.07 Å². The highest BCUT2D eigenvalue weighted by atomic mass is 15.0. The summed E-state index contributed by atoms with van der Waals surface area (Å²) in [4.78, 5) is 0. The molecule has 13 rings (SSSR count). The van der Waals surface area contributed by atoms with Gasteiger partial charge in [0.2, 0.25) is 0 Å². The van der Waals surface area contributed by atoms with E-state index >= 15 is 0 Å². The number of hydrogen-bond donors (Lipinski definition) is 0. The van der Waals surface area contributed by atoms with Crippen LogP contribution in [0.3, 0.4) is 0 Å². The molecule has 294 valence electrons. The third kappa shape index (κ3) is 5.19. The molecule has 0 radical (unpaired) electrons. The molecule has 0 saturated carbocycles. The number of benzene rings is 10. The normalized spacial score (nSPS) is 13.0. The summed E-state index contributed by atoms with van der Waals surface area (Å²) in [7, 11) is 0. The molecule has 0 saturated heterocycles. The molecule has 0 unspecified atom stereocenters. The van der Waals surface area contributed by atoms with Gasteiger partial charge in [-0.2, -0.15) is 5.26 Å². The second-order valence-corrected chi connectivity index (χ2v) is 17.7. The molecule has 0 atom stereocenters. The van der Waals surface area contributed by atoms with Crippen molar-refractivity contribution in [1.82, 2.24) is 9.13 Å². The molecule has 2 heterocycles. The van der Waals surface area contributed by atoms with Crippen LogP contribution in [0.4, 0.5) is 0 Å².